The molecule has 0 bridgehead atoms. The zero-order chi connectivity index (χ0) is 28.9. The van der Waals surface area contributed by atoms with Gasteiger partial charge in [0.15, 0.2) is 5.88 Å². The SMILES string of the molecule is O=S(=O)(Nc1ccccc1)c1ccc2[nH]c(O)c(C(=Nc3ccc(CN4CCCCCC4)cc3)c3ccccc3)c2c1. The maximum atomic E-state index is 13.3. The lowest BCUT2D eigenvalue weighted by Gasteiger charge is -2.19. The van der Waals surface area contributed by atoms with Crippen LogP contribution in [-0.4, -0.2) is 42.2 Å². The van der Waals surface area contributed by atoms with Crippen molar-refractivity contribution in [3.63, 3.8) is 0 Å². The van der Waals surface area contributed by atoms with Crippen molar-refractivity contribution in [1.29, 1.82) is 0 Å². The van der Waals surface area contributed by atoms with Crippen molar-refractivity contribution in [3.05, 3.63) is 120 Å². The molecule has 1 aliphatic rings. The summed E-state index contributed by atoms with van der Waals surface area (Å²) in [6.45, 7) is 3.19. The summed E-state index contributed by atoms with van der Waals surface area (Å²) in [5.74, 6) is -0.0732. The number of likely N-dealkylation sites (tertiary alicyclic amines) is 1. The summed E-state index contributed by atoms with van der Waals surface area (Å²) >= 11 is 0. The van der Waals surface area contributed by atoms with Crippen LogP contribution in [-0.2, 0) is 16.6 Å². The quantitative estimate of drug-likeness (QED) is 0.169. The van der Waals surface area contributed by atoms with Crippen LogP contribution in [0.2, 0.25) is 0 Å². The zero-order valence-corrected chi connectivity index (χ0v) is 24.1. The summed E-state index contributed by atoms with van der Waals surface area (Å²) in [5.41, 5.74) is 4.87. The van der Waals surface area contributed by atoms with E-state index in [1.54, 1.807) is 36.4 Å². The van der Waals surface area contributed by atoms with Gasteiger partial charge in [0.25, 0.3) is 10.0 Å². The molecule has 8 heteroatoms. The molecule has 214 valence electrons. The van der Waals surface area contributed by atoms with Gasteiger partial charge in [-0.05, 0) is 74.0 Å². The highest BCUT2D eigenvalue weighted by molar-refractivity contribution is 7.92. The summed E-state index contributed by atoms with van der Waals surface area (Å²) in [4.78, 5) is 10.6. The fraction of sp³-hybridized carbons (Fsp3) is 0.206. The summed E-state index contributed by atoms with van der Waals surface area (Å²) in [7, 11) is -3.87. The molecule has 1 aliphatic heterocycles. The first-order valence-electron chi connectivity index (χ1n) is 14.3. The number of H-pyrrole nitrogens is 1. The standard InChI is InChI=1S/C34H34N4O3S/c39-34-32(30-23-29(19-20-31(30)36-34)42(40,41)37-28-13-7-4-8-14-28)33(26-11-5-3-6-12-26)35-27-17-15-25(16-18-27)24-38-21-9-1-2-10-22-38/h3-8,11-20,23,36-37,39H,1-2,9-10,21-22,24H2. The largest absolute Gasteiger partial charge is 0.494 e. The number of nitrogens with zero attached hydrogens (tertiary/aromatic N) is 2. The minimum atomic E-state index is -3.87. The molecule has 5 aromatic rings. The van der Waals surface area contributed by atoms with E-state index in [1.165, 1.54) is 37.3 Å². The second-order valence-electron chi connectivity index (χ2n) is 10.7. The number of rotatable bonds is 8. The summed E-state index contributed by atoms with van der Waals surface area (Å²) in [6.07, 6.45) is 5.12. The Hall–Kier alpha value is -4.40. The topological polar surface area (TPSA) is 97.8 Å². The third-order valence-electron chi connectivity index (χ3n) is 7.65. The number of aromatic amines is 1. The number of aromatic hydroxyl groups is 1. The van der Waals surface area contributed by atoms with E-state index in [2.05, 4.69) is 26.7 Å². The van der Waals surface area contributed by atoms with Gasteiger partial charge in [-0.25, -0.2) is 13.4 Å². The third kappa shape index (κ3) is 6.25. The van der Waals surface area contributed by atoms with Crippen molar-refractivity contribution in [2.75, 3.05) is 17.8 Å². The van der Waals surface area contributed by atoms with Crippen molar-refractivity contribution >= 4 is 38.0 Å². The van der Waals surface area contributed by atoms with Gasteiger partial charge in [0.1, 0.15) is 0 Å². The normalized spacial score (nSPS) is 15.0. The lowest BCUT2D eigenvalue weighted by atomic mass is 10.0. The van der Waals surface area contributed by atoms with Gasteiger partial charge in [0, 0.05) is 28.7 Å². The van der Waals surface area contributed by atoms with Gasteiger partial charge in [-0.2, -0.15) is 0 Å². The summed E-state index contributed by atoms with van der Waals surface area (Å²) < 4.78 is 29.2. The average Bonchev–Trinajstić information content (AvgIpc) is 3.14. The molecule has 42 heavy (non-hydrogen) atoms. The van der Waals surface area contributed by atoms with E-state index in [4.69, 9.17) is 4.99 Å². The highest BCUT2D eigenvalue weighted by Gasteiger charge is 2.22. The zero-order valence-electron chi connectivity index (χ0n) is 23.3. The Kier molecular flexibility index (Phi) is 8.08. The minimum Gasteiger partial charge on any atom is -0.494 e. The van der Waals surface area contributed by atoms with Crippen molar-refractivity contribution in [2.45, 2.75) is 37.1 Å². The highest BCUT2D eigenvalue weighted by atomic mass is 32.2. The predicted octanol–water partition coefficient (Wildman–Crippen LogP) is 7.22. The van der Waals surface area contributed by atoms with Crippen molar-refractivity contribution in [2.24, 2.45) is 4.99 Å². The Balaban J connectivity index is 1.38. The maximum absolute atomic E-state index is 13.3. The number of hydrogen-bond acceptors (Lipinski definition) is 5. The molecule has 0 radical (unpaired) electrons. The van der Waals surface area contributed by atoms with Gasteiger partial charge >= 0.3 is 0 Å². The molecule has 0 spiro atoms. The lowest BCUT2D eigenvalue weighted by Crippen LogP contribution is -2.23. The van der Waals surface area contributed by atoms with Crippen LogP contribution in [0.5, 0.6) is 5.88 Å². The Labute approximate surface area is 246 Å². The molecular formula is C34H34N4O3S. The second-order valence-corrected chi connectivity index (χ2v) is 12.4. The Bertz CT molecular complexity index is 1790. The van der Waals surface area contributed by atoms with E-state index in [9.17, 15) is 13.5 Å². The first kappa shape index (κ1) is 27.8. The van der Waals surface area contributed by atoms with Crippen molar-refractivity contribution in [3.8, 4) is 5.88 Å². The molecular weight excluding hydrogens is 544 g/mol. The average molecular weight is 579 g/mol. The fourth-order valence-electron chi connectivity index (χ4n) is 5.50. The Morgan fingerprint density at radius 2 is 1.50 bits per heavy atom. The summed E-state index contributed by atoms with van der Waals surface area (Å²) in [5, 5.41) is 11.7. The second kappa shape index (κ2) is 12.2. The molecule has 0 atom stereocenters. The van der Waals surface area contributed by atoms with Gasteiger partial charge in [-0.3, -0.25) is 9.62 Å². The number of hydrogen-bond donors (Lipinski definition) is 3. The molecule has 2 heterocycles. The molecule has 1 fully saturated rings. The molecule has 0 amide bonds. The number of nitrogens with one attached hydrogen (secondary N) is 2. The molecule has 7 nitrogen and oxygen atoms in total. The smallest absolute Gasteiger partial charge is 0.261 e. The van der Waals surface area contributed by atoms with Gasteiger partial charge < -0.3 is 10.1 Å². The molecule has 4 aromatic carbocycles. The van der Waals surface area contributed by atoms with Crippen LogP contribution in [0.4, 0.5) is 11.4 Å². The fourth-order valence-corrected chi connectivity index (χ4v) is 6.59. The van der Waals surface area contributed by atoms with Crippen LogP contribution in [0.25, 0.3) is 10.9 Å². The van der Waals surface area contributed by atoms with E-state index in [1.807, 2.05) is 48.5 Å². The van der Waals surface area contributed by atoms with E-state index in [0.717, 1.165) is 30.9 Å². The predicted molar refractivity (Wildman–Crippen MR) is 169 cm³/mol. The number of benzene rings is 4. The summed E-state index contributed by atoms with van der Waals surface area (Å²) in [6, 6.07) is 31.4. The molecule has 1 saturated heterocycles. The van der Waals surface area contributed by atoms with Crippen LogP contribution >= 0.6 is 0 Å². The third-order valence-corrected chi connectivity index (χ3v) is 9.03. The van der Waals surface area contributed by atoms with E-state index >= 15 is 0 Å². The first-order valence-corrected chi connectivity index (χ1v) is 15.8. The first-order chi connectivity index (χ1) is 20.5. The van der Waals surface area contributed by atoms with Crippen LogP contribution in [0, 0.1) is 0 Å². The van der Waals surface area contributed by atoms with E-state index in [0.29, 0.717) is 27.9 Å². The van der Waals surface area contributed by atoms with Crippen LogP contribution in [0.1, 0.15) is 42.4 Å². The molecule has 1 aromatic heterocycles. The molecule has 0 aliphatic carbocycles. The molecule has 0 saturated carbocycles. The van der Waals surface area contributed by atoms with Gasteiger partial charge in [-0.1, -0.05) is 73.5 Å². The van der Waals surface area contributed by atoms with Crippen LogP contribution in [0.3, 0.4) is 0 Å². The highest BCUT2D eigenvalue weighted by Crippen LogP contribution is 2.33. The monoisotopic (exact) mass is 578 g/mol. The van der Waals surface area contributed by atoms with Gasteiger partial charge in [0.05, 0.1) is 21.9 Å². The number of para-hydroxylation sites is 1. The van der Waals surface area contributed by atoms with Crippen molar-refractivity contribution < 1.29 is 13.5 Å². The number of aromatic nitrogens is 1. The van der Waals surface area contributed by atoms with Crippen LogP contribution < -0.4 is 4.72 Å². The maximum Gasteiger partial charge on any atom is 0.261 e. The number of sulfonamides is 1. The van der Waals surface area contributed by atoms with E-state index in [-0.39, 0.29) is 10.8 Å². The molecule has 3 N–H and O–H groups in total. The lowest BCUT2D eigenvalue weighted by molar-refractivity contribution is 0.277. The van der Waals surface area contributed by atoms with Crippen LogP contribution in [0.15, 0.2) is 113 Å². The van der Waals surface area contributed by atoms with E-state index < -0.39 is 10.0 Å². The van der Waals surface area contributed by atoms with Gasteiger partial charge in [0.2, 0.25) is 0 Å². The van der Waals surface area contributed by atoms with Crippen molar-refractivity contribution in [1.82, 2.24) is 9.88 Å². The number of aliphatic imine (C=N–C) groups is 1. The van der Waals surface area contributed by atoms with Gasteiger partial charge in [-0.15, -0.1) is 0 Å². The number of fused-ring (bicyclic) bond motifs is 1. The Morgan fingerprint density at radius 3 is 2.19 bits per heavy atom. The molecule has 6 rings (SSSR count). The number of anilines is 1. The Morgan fingerprint density at radius 1 is 0.833 bits per heavy atom. The minimum absolute atomic E-state index is 0.0732. The molecule has 0 unspecified atom stereocenters.